The second kappa shape index (κ2) is 4.97. The molecule has 0 aromatic rings. The fraction of sp³-hybridized carbons (Fsp3) is 1.00. The monoisotopic (exact) mass is 200 g/mol. The molecule has 0 atom stereocenters. The van der Waals surface area contributed by atoms with Crippen molar-refractivity contribution >= 4 is 17.9 Å². The van der Waals surface area contributed by atoms with Gasteiger partial charge in [0.2, 0.25) is 14.8 Å². The van der Waals surface area contributed by atoms with E-state index in [2.05, 4.69) is 0 Å². The lowest BCUT2D eigenvalue weighted by atomic mass is 10.8. The normalized spacial score (nSPS) is 13.6. The van der Waals surface area contributed by atoms with Crippen molar-refractivity contribution in [1.82, 2.24) is 0 Å². The molecule has 0 amide bonds. The average molecular weight is 200 g/mol. The van der Waals surface area contributed by atoms with Gasteiger partial charge in [0.25, 0.3) is 0 Å². The minimum atomic E-state index is -2.44. The quantitative estimate of drug-likeness (QED) is 0.363. The number of alkyl halides is 2. The summed E-state index contributed by atoms with van der Waals surface area (Å²) in [4.78, 5) is 0. The Balaban J connectivity index is 3.15. The molecule has 0 aliphatic heterocycles. The standard InChI is InChI=1S/C6H15F3Si2/c1-11(2,9)4-3-10-5-6(7)8/h6H,3-5,10H2,1-2H3. The van der Waals surface area contributed by atoms with Gasteiger partial charge in [-0.3, -0.25) is 0 Å². The Kier molecular flexibility index (Phi) is 5.08. The first-order valence-electron chi connectivity index (χ1n) is 3.89. The summed E-state index contributed by atoms with van der Waals surface area (Å²) in [6.07, 6.45) is -2.16. The first kappa shape index (κ1) is 11.2. The third-order valence-corrected chi connectivity index (χ3v) is 5.39. The maximum Gasteiger partial charge on any atom is 0.240 e. The topological polar surface area (TPSA) is 0 Å². The first-order chi connectivity index (χ1) is 4.92. The van der Waals surface area contributed by atoms with Crippen LogP contribution in [-0.2, 0) is 0 Å². The summed E-state index contributed by atoms with van der Waals surface area (Å²) in [7, 11) is -3.11. The molecule has 68 valence electrons. The van der Waals surface area contributed by atoms with Gasteiger partial charge >= 0.3 is 0 Å². The van der Waals surface area contributed by atoms with Gasteiger partial charge in [-0.1, -0.05) is 6.04 Å². The van der Waals surface area contributed by atoms with E-state index in [1.165, 1.54) is 0 Å². The largest absolute Gasteiger partial charge is 0.314 e. The smallest absolute Gasteiger partial charge is 0.240 e. The molecule has 0 fully saturated rings. The van der Waals surface area contributed by atoms with E-state index < -0.39 is 24.4 Å². The molecule has 0 aliphatic carbocycles. The molecule has 0 radical (unpaired) electrons. The molecule has 0 saturated carbocycles. The van der Waals surface area contributed by atoms with E-state index in [0.29, 0.717) is 6.04 Å². The average Bonchev–Trinajstić information content (AvgIpc) is 1.78. The van der Waals surface area contributed by atoms with Gasteiger partial charge < -0.3 is 4.11 Å². The Bertz CT molecular complexity index is 100. The predicted octanol–water partition coefficient (Wildman–Crippen LogP) is 2.43. The van der Waals surface area contributed by atoms with Gasteiger partial charge in [0, 0.05) is 9.52 Å². The lowest BCUT2D eigenvalue weighted by molar-refractivity contribution is 0.171. The fourth-order valence-electron chi connectivity index (χ4n) is 0.844. The fourth-order valence-corrected chi connectivity index (χ4v) is 5.80. The van der Waals surface area contributed by atoms with E-state index in [-0.39, 0.29) is 6.04 Å². The first-order valence-corrected chi connectivity index (χ1v) is 8.97. The van der Waals surface area contributed by atoms with Gasteiger partial charge in [-0.25, -0.2) is 8.78 Å². The van der Waals surface area contributed by atoms with Crippen LogP contribution in [-0.4, -0.2) is 24.4 Å². The zero-order chi connectivity index (χ0) is 8.91. The van der Waals surface area contributed by atoms with E-state index in [1.54, 1.807) is 13.1 Å². The summed E-state index contributed by atoms with van der Waals surface area (Å²) in [6.45, 7) is 3.26. The summed E-state index contributed by atoms with van der Waals surface area (Å²) >= 11 is 0. The van der Waals surface area contributed by atoms with E-state index in [9.17, 15) is 12.9 Å². The summed E-state index contributed by atoms with van der Waals surface area (Å²) in [5.41, 5.74) is 0. The SMILES string of the molecule is C[Si](C)(F)CC[SiH2]CC(F)F. The van der Waals surface area contributed by atoms with Crippen LogP contribution in [0.1, 0.15) is 0 Å². The highest BCUT2D eigenvalue weighted by molar-refractivity contribution is 6.71. The van der Waals surface area contributed by atoms with Gasteiger partial charge in [0.05, 0.1) is 0 Å². The van der Waals surface area contributed by atoms with E-state index in [0.717, 1.165) is 6.04 Å². The molecule has 0 aromatic carbocycles. The zero-order valence-corrected chi connectivity index (χ0v) is 9.45. The highest BCUT2D eigenvalue weighted by atomic mass is 28.4. The van der Waals surface area contributed by atoms with Crippen LogP contribution in [0.4, 0.5) is 12.9 Å². The second-order valence-electron chi connectivity index (χ2n) is 3.36. The maximum absolute atomic E-state index is 12.9. The number of halogens is 3. The molecule has 0 nitrogen and oxygen atoms in total. The van der Waals surface area contributed by atoms with Crippen molar-refractivity contribution in [3.63, 3.8) is 0 Å². The Hall–Kier alpha value is 0.224. The highest BCUT2D eigenvalue weighted by Gasteiger charge is 2.19. The molecule has 0 aliphatic rings. The van der Waals surface area contributed by atoms with Crippen molar-refractivity contribution in [3.05, 3.63) is 0 Å². The van der Waals surface area contributed by atoms with Crippen molar-refractivity contribution in [1.29, 1.82) is 0 Å². The van der Waals surface area contributed by atoms with Crippen LogP contribution >= 0.6 is 0 Å². The Morgan fingerprint density at radius 2 is 1.91 bits per heavy atom. The summed E-state index contributed by atoms with van der Waals surface area (Å²) < 4.78 is 36.1. The molecule has 0 saturated heterocycles. The second-order valence-corrected chi connectivity index (χ2v) is 9.28. The molecule has 0 bridgehead atoms. The molecular formula is C6H15F3Si2. The van der Waals surface area contributed by atoms with Gasteiger partial charge in [-0.15, -0.1) is 0 Å². The van der Waals surface area contributed by atoms with Gasteiger partial charge in [-0.05, 0) is 25.2 Å². The molecule has 0 rings (SSSR count). The number of hydrogen-bond acceptors (Lipinski definition) is 0. The summed E-state index contributed by atoms with van der Waals surface area (Å²) in [5, 5.41) is 0. The third-order valence-electron chi connectivity index (χ3n) is 1.44. The lowest BCUT2D eigenvalue weighted by Crippen LogP contribution is -2.18. The predicted molar refractivity (Wildman–Crippen MR) is 47.6 cm³/mol. The van der Waals surface area contributed by atoms with Crippen molar-refractivity contribution in [2.75, 3.05) is 0 Å². The van der Waals surface area contributed by atoms with E-state index in [1.807, 2.05) is 0 Å². The third kappa shape index (κ3) is 10.2. The van der Waals surface area contributed by atoms with Crippen molar-refractivity contribution in [3.8, 4) is 0 Å². The molecule has 0 N–H and O–H groups in total. The van der Waals surface area contributed by atoms with Crippen LogP contribution < -0.4 is 0 Å². The van der Waals surface area contributed by atoms with Crippen molar-refractivity contribution in [2.45, 2.75) is 37.7 Å². The minimum absolute atomic E-state index is 0.0600. The molecule has 0 spiro atoms. The molecule has 0 aromatic heterocycles. The van der Waals surface area contributed by atoms with Crippen LogP contribution in [0, 0.1) is 0 Å². The minimum Gasteiger partial charge on any atom is -0.314 e. The zero-order valence-electron chi connectivity index (χ0n) is 7.04. The van der Waals surface area contributed by atoms with Crippen LogP contribution in [0.25, 0.3) is 0 Å². The lowest BCUT2D eigenvalue weighted by Gasteiger charge is -2.09. The Labute approximate surface area is 69.2 Å². The van der Waals surface area contributed by atoms with E-state index in [4.69, 9.17) is 0 Å². The maximum atomic E-state index is 12.9. The highest BCUT2D eigenvalue weighted by Crippen LogP contribution is 2.14. The summed E-state index contributed by atoms with van der Waals surface area (Å²) in [6, 6.07) is 1.39. The van der Waals surface area contributed by atoms with Crippen molar-refractivity contribution < 1.29 is 12.9 Å². The van der Waals surface area contributed by atoms with E-state index >= 15 is 0 Å². The van der Waals surface area contributed by atoms with Crippen LogP contribution in [0.2, 0.25) is 31.2 Å². The Morgan fingerprint density at radius 3 is 2.27 bits per heavy atom. The number of rotatable bonds is 5. The molecule has 0 heterocycles. The van der Waals surface area contributed by atoms with Gasteiger partial charge in [-0.2, -0.15) is 0 Å². The van der Waals surface area contributed by atoms with Gasteiger partial charge in [0.15, 0.2) is 0 Å². The Morgan fingerprint density at radius 1 is 1.36 bits per heavy atom. The molecule has 11 heavy (non-hydrogen) atoms. The van der Waals surface area contributed by atoms with Crippen LogP contribution in [0.5, 0.6) is 0 Å². The van der Waals surface area contributed by atoms with Crippen LogP contribution in [0.3, 0.4) is 0 Å². The van der Waals surface area contributed by atoms with Crippen molar-refractivity contribution in [2.24, 2.45) is 0 Å². The number of hydrogen-bond donors (Lipinski definition) is 0. The molecule has 0 unspecified atom stereocenters. The van der Waals surface area contributed by atoms with Gasteiger partial charge in [0.1, 0.15) is 0 Å². The summed E-state index contributed by atoms with van der Waals surface area (Å²) in [5.74, 6) is 0. The molecular weight excluding hydrogens is 185 g/mol. The van der Waals surface area contributed by atoms with Crippen LogP contribution in [0.15, 0.2) is 0 Å². The molecule has 5 heteroatoms.